The summed E-state index contributed by atoms with van der Waals surface area (Å²) in [5.74, 6) is -0.183. The predicted octanol–water partition coefficient (Wildman–Crippen LogP) is 2.89. The summed E-state index contributed by atoms with van der Waals surface area (Å²) >= 11 is 0. The van der Waals surface area contributed by atoms with Gasteiger partial charge in [-0.15, -0.1) is 0 Å². The first-order chi connectivity index (χ1) is 9.59. The Bertz CT molecular complexity index is 554. The number of rotatable bonds is 3. The number of benzene rings is 1. The van der Waals surface area contributed by atoms with E-state index in [1.807, 2.05) is 0 Å². The third-order valence-corrected chi connectivity index (χ3v) is 3.54. The topological polar surface area (TPSA) is 84.6 Å². The highest BCUT2D eigenvalue weighted by Crippen LogP contribution is 2.21. The number of hydrogen-bond acceptors (Lipinski definition) is 4. The molecule has 0 spiro atoms. The van der Waals surface area contributed by atoms with Gasteiger partial charge in [0, 0.05) is 11.8 Å². The van der Waals surface area contributed by atoms with Gasteiger partial charge in [-0.1, -0.05) is 25.5 Å². The summed E-state index contributed by atoms with van der Waals surface area (Å²) in [6.45, 7) is 2.08. The largest absolute Gasteiger partial charge is 0.282 e. The summed E-state index contributed by atoms with van der Waals surface area (Å²) < 4.78 is 0. The maximum Gasteiger partial charge on any atom is 0.282 e. The molecule has 1 unspecified atom stereocenters. The van der Waals surface area contributed by atoms with Gasteiger partial charge < -0.3 is 0 Å². The van der Waals surface area contributed by atoms with Gasteiger partial charge in [0.25, 0.3) is 11.6 Å². The number of nitrogens with one attached hydrogen (secondary N) is 1. The number of carbonyl (C=O) groups is 1. The lowest BCUT2D eigenvalue weighted by Gasteiger charge is -2.19. The Morgan fingerprint density at radius 1 is 1.40 bits per heavy atom. The molecule has 1 aliphatic carbocycles. The molecule has 106 valence electrons. The zero-order valence-corrected chi connectivity index (χ0v) is 11.3. The number of carbonyl (C=O) groups excluding carboxylic acids is 1. The quantitative estimate of drug-likeness (QED) is 0.680. The van der Waals surface area contributed by atoms with Gasteiger partial charge in [0.05, 0.1) is 4.92 Å². The van der Waals surface area contributed by atoms with Crippen molar-refractivity contribution in [2.75, 3.05) is 0 Å². The van der Waals surface area contributed by atoms with Crippen LogP contribution in [0.3, 0.4) is 0 Å². The molecule has 1 aromatic rings. The fourth-order valence-corrected chi connectivity index (χ4v) is 2.34. The zero-order valence-electron chi connectivity index (χ0n) is 11.3. The van der Waals surface area contributed by atoms with Crippen molar-refractivity contribution in [3.05, 3.63) is 39.9 Å². The van der Waals surface area contributed by atoms with E-state index >= 15 is 0 Å². The van der Waals surface area contributed by atoms with Crippen molar-refractivity contribution in [3.63, 3.8) is 0 Å². The second-order valence-electron chi connectivity index (χ2n) is 4.97. The number of nitro benzene ring substituents is 1. The van der Waals surface area contributed by atoms with Crippen molar-refractivity contribution < 1.29 is 9.72 Å². The van der Waals surface area contributed by atoms with Crippen LogP contribution < -0.4 is 5.43 Å². The fraction of sp³-hybridized carbons (Fsp3) is 0.429. The van der Waals surface area contributed by atoms with Crippen LogP contribution in [0.5, 0.6) is 0 Å². The molecule has 6 heteroatoms. The molecule has 0 heterocycles. The number of nitrogens with zero attached hydrogens (tertiary/aromatic N) is 2. The standard InChI is InChI=1S/C14H17N3O3/c1-10-6-2-4-8-12(10)15-16-14(18)11-7-3-5-9-13(11)17(19)20/h3,5,7,9-10H,2,4,6,8H2,1H3,(H,16,18). The molecule has 1 atom stereocenters. The van der Waals surface area contributed by atoms with Crippen LogP contribution in [0.2, 0.25) is 0 Å². The van der Waals surface area contributed by atoms with Gasteiger partial charge in [-0.25, -0.2) is 5.43 Å². The molecule has 1 amide bonds. The highest BCUT2D eigenvalue weighted by molar-refractivity contribution is 5.99. The summed E-state index contributed by atoms with van der Waals surface area (Å²) in [7, 11) is 0. The van der Waals surface area contributed by atoms with Crippen LogP contribution in [0.25, 0.3) is 0 Å². The molecule has 0 aromatic heterocycles. The van der Waals surface area contributed by atoms with Crippen LogP contribution in [0.4, 0.5) is 5.69 Å². The Morgan fingerprint density at radius 2 is 2.15 bits per heavy atom. The van der Waals surface area contributed by atoms with Gasteiger partial charge in [-0.3, -0.25) is 14.9 Å². The summed E-state index contributed by atoms with van der Waals surface area (Å²) in [5, 5.41) is 15.0. The van der Waals surface area contributed by atoms with Crippen LogP contribution >= 0.6 is 0 Å². The van der Waals surface area contributed by atoms with Crippen molar-refractivity contribution in [2.24, 2.45) is 11.0 Å². The molecule has 1 aliphatic rings. The number of hydrazone groups is 1. The van der Waals surface area contributed by atoms with Crippen LogP contribution in [-0.2, 0) is 0 Å². The second-order valence-corrected chi connectivity index (χ2v) is 4.97. The first kappa shape index (κ1) is 14.2. The molecule has 0 bridgehead atoms. The first-order valence-electron chi connectivity index (χ1n) is 6.70. The summed E-state index contributed by atoms with van der Waals surface area (Å²) in [6, 6.07) is 5.87. The lowest BCUT2D eigenvalue weighted by Crippen LogP contribution is -2.24. The van der Waals surface area contributed by atoms with E-state index in [1.54, 1.807) is 6.07 Å². The van der Waals surface area contributed by atoms with E-state index in [0.29, 0.717) is 5.92 Å². The minimum absolute atomic E-state index is 0.0327. The van der Waals surface area contributed by atoms with E-state index in [4.69, 9.17) is 0 Å². The lowest BCUT2D eigenvalue weighted by atomic mass is 9.89. The number of amides is 1. The number of hydrogen-bond donors (Lipinski definition) is 1. The van der Waals surface area contributed by atoms with E-state index < -0.39 is 10.8 Å². The molecule has 0 radical (unpaired) electrons. The Labute approximate surface area is 117 Å². The summed E-state index contributed by atoms with van der Waals surface area (Å²) in [6.07, 6.45) is 4.20. The van der Waals surface area contributed by atoms with Crippen molar-refractivity contribution >= 4 is 17.3 Å². The molecule has 1 fully saturated rings. The summed E-state index contributed by atoms with van der Waals surface area (Å²) in [4.78, 5) is 22.3. The highest BCUT2D eigenvalue weighted by Gasteiger charge is 2.20. The van der Waals surface area contributed by atoms with E-state index in [-0.39, 0.29) is 11.3 Å². The molecular weight excluding hydrogens is 258 g/mol. The minimum atomic E-state index is -0.564. The van der Waals surface area contributed by atoms with E-state index in [2.05, 4.69) is 17.5 Å². The molecule has 0 saturated heterocycles. The zero-order chi connectivity index (χ0) is 14.5. The van der Waals surface area contributed by atoms with Gasteiger partial charge in [-0.2, -0.15) is 5.10 Å². The molecule has 6 nitrogen and oxygen atoms in total. The fourth-order valence-electron chi connectivity index (χ4n) is 2.34. The summed E-state index contributed by atoms with van der Waals surface area (Å²) in [5.41, 5.74) is 3.23. The average molecular weight is 275 g/mol. The Balaban J connectivity index is 2.13. The van der Waals surface area contributed by atoms with Crippen LogP contribution in [-0.4, -0.2) is 16.5 Å². The second kappa shape index (κ2) is 6.27. The van der Waals surface area contributed by atoms with Crippen LogP contribution in [0, 0.1) is 16.0 Å². The third-order valence-electron chi connectivity index (χ3n) is 3.54. The molecule has 1 aromatic carbocycles. The maximum absolute atomic E-state index is 12.0. The van der Waals surface area contributed by atoms with Gasteiger partial charge >= 0.3 is 0 Å². The molecule has 2 rings (SSSR count). The normalized spacial score (nSPS) is 20.6. The average Bonchev–Trinajstić information content (AvgIpc) is 2.46. The van der Waals surface area contributed by atoms with Crippen molar-refractivity contribution in [2.45, 2.75) is 32.6 Å². The van der Waals surface area contributed by atoms with Crippen molar-refractivity contribution in [1.82, 2.24) is 5.43 Å². The Morgan fingerprint density at radius 3 is 2.85 bits per heavy atom. The molecular formula is C14H17N3O3. The molecule has 0 aliphatic heterocycles. The van der Waals surface area contributed by atoms with Crippen LogP contribution in [0.15, 0.2) is 29.4 Å². The van der Waals surface area contributed by atoms with Crippen LogP contribution in [0.1, 0.15) is 43.0 Å². The first-order valence-corrected chi connectivity index (χ1v) is 6.70. The van der Waals surface area contributed by atoms with E-state index in [0.717, 1.165) is 25.0 Å². The van der Waals surface area contributed by atoms with Gasteiger partial charge in [-0.05, 0) is 31.2 Å². The Kier molecular flexibility index (Phi) is 4.45. The number of para-hydroxylation sites is 1. The van der Waals surface area contributed by atoms with Gasteiger partial charge in [0.15, 0.2) is 0 Å². The Hall–Kier alpha value is -2.24. The minimum Gasteiger partial charge on any atom is -0.267 e. The maximum atomic E-state index is 12.0. The molecule has 20 heavy (non-hydrogen) atoms. The molecule has 1 N–H and O–H groups in total. The lowest BCUT2D eigenvalue weighted by molar-refractivity contribution is -0.385. The SMILES string of the molecule is CC1CCCCC1=NNC(=O)c1ccccc1[N+](=O)[O-]. The van der Waals surface area contributed by atoms with E-state index in [1.165, 1.54) is 24.6 Å². The predicted molar refractivity (Wildman–Crippen MR) is 75.6 cm³/mol. The van der Waals surface area contributed by atoms with Gasteiger partial charge in [0.2, 0.25) is 0 Å². The monoisotopic (exact) mass is 275 g/mol. The van der Waals surface area contributed by atoms with E-state index in [9.17, 15) is 14.9 Å². The smallest absolute Gasteiger partial charge is 0.267 e. The highest BCUT2D eigenvalue weighted by atomic mass is 16.6. The number of nitro groups is 1. The van der Waals surface area contributed by atoms with Gasteiger partial charge in [0.1, 0.15) is 5.56 Å². The third kappa shape index (κ3) is 3.20. The molecule has 1 saturated carbocycles. The van der Waals surface area contributed by atoms with Crippen molar-refractivity contribution in [1.29, 1.82) is 0 Å². The van der Waals surface area contributed by atoms with Crippen molar-refractivity contribution in [3.8, 4) is 0 Å².